The Morgan fingerprint density at radius 2 is 1.41 bits per heavy atom. The molecule has 1 atom stereocenters. The number of benzene rings is 2. The number of carbonyl (C=O) groups excluding carboxylic acids is 1. The van der Waals surface area contributed by atoms with E-state index in [-0.39, 0.29) is 6.04 Å². The van der Waals surface area contributed by atoms with Crippen LogP contribution in [0.3, 0.4) is 0 Å². The van der Waals surface area contributed by atoms with Gasteiger partial charge in [-0.1, -0.05) is 73.8 Å². The molecule has 2 nitrogen and oxygen atoms in total. The fraction of sp³-hybridized carbons (Fsp3) is 0.458. The fourth-order valence-electron chi connectivity index (χ4n) is 4.02. The lowest BCUT2D eigenvalue weighted by Gasteiger charge is -2.39. The lowest BCUT2D eigenvalue weighted by Crippen LogP contribution is -2.50. The SMILES string of the molecule is C[Si]1(C)CCN(C(CCc2ccccc2)C(=O)CCc2ccccc2)CC1. The molecule has 1 saturated heterocycles. The van der Waals surface area contributed by atoms with Gasteiger partial charge in [0.1, 0.15) is 5.78 Å². The number of carbonyl (C=O) groups is 1. The van der Waals surface area contributed by atoms with Crippen molar-refractivity contribution >= 4 is 13.9 Å². The number of hydrogen-bond acceptors (Lipinski definition) is 2. The van der Waals surface area contributed by atoms with Gasteiger partial charge in [0.15, 0.2) is 0 Å². The Kier molecular flexibility index (Phi) is 7.03. The van der Waals surface area contributed by atoms with Gasteiger partial charge in [-0.2, -0.15) is 0 Å². The summed E-state index contributed by atoms with van der Waals surface area (Å²) in [7, 11) is -1.02. The van der Waals surface area contributed by atoms with E-state index in [1.54, 1.807) is 0 Å². The van der Waals surface area contributed by atoms with Crippen LogP contribution in [0.5, 0.6) is 0 Å². The third kappa shape index (κ3) is 6.15. The van der Waals surface area contributed by atoms with Crippen LogP contribution >= 0.6 is 0 Å². The van der Waals surface area contributed by atoms with Gasteiger partial charge in [-0.25, -0.2) is 0 Å². The molecule has 3 heteroatoms. The van der Waals surface area contributed by atoms with Crippen LogP contribution in [-0.2, 0) is 17.6 Å². The summed E-state index contributed by atoms with van der Waals surface area (Å²) in [6, 6.07) is 23.7. The van der Waals surface area contributed by atoms with E-state index in [1.807, 2.05) is 6.07 Å². The van der Waals surface area contributed by atoms with Crippen LogP contribution in [-0.4, -0.2) is 37.9 Å². The minimum absolute atomic E-state index is 0.0824. The molecule has 1 fully saturated rings. The monoisotopic (exact) mass is 379 g/mol. The number of ketones is 1. The Hall–Kier alpha value is -1.71. The Labute approximate surface area is 165 Å². The van der Waals surface area contributed by atoms with Crippen molar-refractivity contribution in [2.45, 2.75) is 56.9 Å². The minimum Gasteiger partial charge on any atom is -0.298 e. The second-order valence-electron chi connectivity index (χ2n) is 8.69. The Morgan fingerprint density at radius 1 is 0.889 bits per heavy atom. The number of rotatable bonds is 8. The molecule has 144 valence electrons. The van der Waals surface area contributed by atoms with Crippen molar-refractivity contribution in [1.29, 1.82) is 0 Å². The molecule has 0 radical (unpaired) electrons. The van der Waals surface area contributed by atoms with Crippen LogP contribution in [0.25, 0.3) is 0 Å². The second kappa shape index (κ2) is 9.47. The van der Waals surface area contributed by atoms with E-state index in [0.29, 0.717) is 12.2 Å². The lowest BCUT2D eigenvalue weighted by molar-refractivity contribution is -0.124. The smallest absolute Gasteiger partial charge is 0.150 e. The van der Waals surface area contributed by atoms with E-state index in [1.165, 1.54) is 23.2 Å². The molecule has 1 heterocycles. The molecule has 0 spiro atoms. The van der Waals surface area contributed by atoms with Gasteiger partial charge in [-0.15, -0.1) is 0 Å². The average Bonchev–Trinajstić information content (AvgIpc) is 2.69. The molecular formula is C24H33NOSi. The highest BCUT2D eigenvalue weighted by Gasteiger charge is 2.33. The van der Waals surface area contributed by atoms with Gasteiger partial charge in [-0.3, -0.25) is 9.69 Å². The standard InChI is InChI=1S/C24H33NOSi/c1-27(2)19-17-25(18-20-27)23(15-13-21-9-5-3-6-10-21)24(26)16-14-22-11-7-4-8-12-22/h3-12,23H,13-20H2,1-2H3. The molecule has 0 amide bonds. The fourth-order valence-corrected chi connectivity index (χ4v) is 6.05. The molecule has 0 bridgehead atoms. The van der Waals surface area contributed by atoms with E-state index in [2.05, 4.69) is 72.6 Å². The molecule has 3 rings (SSSR count). The molecular weight excluding hydrogens is 346 g/mol. The molecule has 1 unspecified atom stereocenters. The maximum absolute atomic E-state index is 13.2. The summed E-state index contributed by atoms with van der Waals surface area (Å²) < 4.78 is 0. The minimum atomic E-state index is -1.02. The Bertz CT molecular complexity index is 704. The van der Waals surface area contributed by atoms with Crippen LogP contribution in [0.2, 0.25) is 25.2 Å². The van der Waals surface area contributed by atoms with Crippen LogP contribution < -0.4 is 0 Å². The summed E-state index contributed by atoms with van der Waals surface area (Å²) in [5.74, 6) is 0.427. The van der Waals surface area contributed by atoms with Gasteiger partial charge >= 0.3 is 0 Å². The highest BCUT2D eigenvalue weighted by molar-refractivity contribution is 6.77. The first kappa shape index (κ1) is 20.0. The van der Waals surface area contributed by atoms with Crippen molar-refractivity contribution in [3.05, 3.63) is 71.8 Å². The van der Waals surface area contributed by atoms with Crippen LogP contribution in [0, 0.1) is 0 Å². The van der Waals surface area contributed by atoms with E-state index in [9.17, 15) is 4.79 Å². The molecule has 1 aliphatic heterocycles. The van der Waals surface area contributed by atoms with Crippen LogP contribution in [0.4, 0.5) is 0 Å². The normalized spacial score (nSPS) is 18.1. The quantitative estimate of drug-likeness (QED) is 0.587. The largest absolute Gasteiger partial charge is 0.298 e. The molecule has 27 heavy (non-hydrogen) atoms. The van der Waals surface area contributed by atoms with Gasteiger partial charge in [0.25, 0.3) is 0 Å². The van der Waals surface area contributed by atoms with Crippen molar-refractivity contribution < 1.29 is 4.79 Å². The molecule has 1 aliphatic rings. The summed E-state index contributed by atoms with van der Waals surface area (Å²) in [6.07, 6.45) is 3.44. The van der Waals surface area contributed by atoms with Gasteiger partial charge in [0.05, 0.1) is 6.04 Å². The first-order valence-electron chi connectivity index (χ1n) is 10.4. The van der Waals surface area contributed by atoms with Crippen LogP contribution in [0.15, 0.2) is 60.7 Å². The molecule has 0 N–H and O–H groups in total. The summed E-state index contributed by atoms with van der Waals surface area (Å²) in [4.78, 5) is 15.7. The predicted octanol–water partition coefficient (Wildman–Crippen LogP) is 5.21. The number of Topliss-reactive ketones (excluding diaryl/α,β-unsaturated/α-hetero) is 1. The molecule has 0 aromatic heterocycles. The molecule has 2 aromatic carbocycles. The Balaban J connectivity index is 1.63. The first-order valence-corrected chi connectivity index (χ1v) is 13.8. The van der Waals surface area contributed by atoms with E-state index in [0.717, 1.165) is 32.4 Å². The van der Waals surface area contributed by atoms with Gasteiger partial charge < -0.3 is 0 Å². The van der Waals surface area contributed by atoms with Crippen molar-refractivity contribution in [3.8, 4) is 0 Å². The Morgan fingerprint density at radius 3 is 1.96 bits per heavy atom. The van der Waals surface area contributed by atoms with Gasteiger partial charge in [0.2, 0.25) is 0 Å². The number of aryl methyl sites for hydroxylation is 2. The maximum atomic E-state index is 13.2. The first-order chi connectivity index (χ1) is 13.0. The molecule has 0 aliphatic carbocycles. The van der Waals surface area contributed by atoms with E-state index in [4.69, 9.17) is 0 Å². The number of hydrogen-bond donors (Lipinski definition) is 0. The summed E-state index contributed by atoms with van der Waals surface area (Å²) in [5.41, 5.74) is 2.60. The van der Waals surface area contributed by atoms with Crippen molar-refractivity contribution in [2.24, 2.45) is 0 Å². The zero-order chi connectivity index (χ0) is 19.1. The van der Waals surface area contributed by atoms with E-state index < -0.39 is 8.07 Å². The third-order valence-electron chi connectivity index (χ3n) is 6.02. The molecule has 2 aromatic rings. The predicted molar refractivity (Wildman–Crippen MR) is 117 cm³/mol. The third-order valence-corrected chi connectivity index (χ3v) is 9.17. The summed E-state index contributed by atoms with van der Waals surface area (Å²) in [6.45, 7) is 7.19. The second-order valence-corrected chi connectivity index (χ2v) is 14.0. The highest BCUT2D eigenvalue weighted by atomic mass is 28.3. The topological polar surface area (TPSA) is 20.3 Å². The van der Waals surface area contributed by atoms with E-state index >= 15 is 0 Å². The summed E-state index contributed by atoms with van der Waals surface area (Å²) in [5, 5.41) is 0. The summed E-state index contributed by atoms with van der Waals surface area (Å²) >= 11 is 0. The van der Waals surface area contributed by atoms with Crippen LogP contribution in [0.1, 0.15) is 24.0 Å². The van der Waals surface area contributed by atoms with Crippen molar-refractivity contribution in [3.63, 3.8) is 0 Å². The number of nitrogens with zero attached hydrogens (tertiary/aromatic N) is 1. The maximum Gasteiger partial charge on any atom is 0.150 e. The lowest BCUT2D eigenvalue weighted by atomic mass is 9.96. The van der Waals surface area contributed by atoms with Gasteiger partial charge in [-0.05, 0) is 55.6 Å². The van der Waals surface area contributed by atoms with Gasteiger partial charge in [0, 0.05) is 14.5 Å². The zero-order valence-electron chi connectivity index (χ0n) is 16.9. The zero-order valence-corrected chi connectivity index (χ0v) is 17.9. The molecule has 0 saturated carbocycles. The van der Waals surface area contributed by atoms with Crippen molar-refractivity contribution in [2.75, 3.05) is 13.1 Å². The highest BCUT2D eigenvalue weighted by Crippen LogP contribution is 2.25. The van der Waals surface area contributed by atoms with Crippen molar-refractivity contribution in [1.82, 2.24) is 4.90 Å². The average molecular weight is 380 g/mol.